The van der Waals surface area contributed by atoms with Gasteiger partial charge in [-0.05, 0) is 55.7 Å². The number of fused-ring (bicyclic) bond motifs is 1. The lowest BCUT2D eigenvalue weighted by Crippen LogP contribution is -2.24. The molecule has 1 saturated heterocycles. The zero-order valence-corrected chi connectivity index (χ0v) is 19.1. The summed E-state index contributed by atoms with van der Waals surface area (Å²) in [5, 5.41) is 3.03. The van der Waals surface area contributed by atoms with E-state index in [1.807, 2.05) is 6.92 Å². The fraction of sp³-hybridized carbons (Fsp3) is 0.208. The molecular weight excluding hydrogens is 457 g/mol. The van der Waals surface area contributed by atoms with E-state index in [2.05, 4.69) is 20.1 Å². The zero-order chi connectivity index (χ0) is 23.9. The molecule has 5 rings (SSSR count). The van der Waals surface area contributed by atoms with Crippen LogP contribution in [0, 0.1) is 12.4 Å². The Kier molecular flexibility index (Phi) is 5.42. The quantitative estimate of drug-likeness (QED) is 0.508. The standard InChI is InChI=1S/C24H20FN5O3S/c1-15-12-16-4-9-20(21(25)19(16)13-15)33-24-22(26-2)23(27-14-28-24)29-17-5-7-18(8-6-17)30-10-3-11-34(30,31)32/h4-9,13-14H,3,10-12H2,1H3,(H,27,28,29). The van der Waals surface area contributed by atoms with E-state index >= 15 is 0 Å². The van der Waals surface area contributed by atoms with Gasteiger partial charge in [-0.1, -0.05) is 17.7 Å². The first-order valence-electron chi connectivity index (χ1n) is 10.6. The van der Waals surface area contributed by atoms with Crippen molar-refractivity contribution in [2.24, 2.45) is 0 Å². The van der Waals surface area contributed by atoms with E-state index in [0.717, 1.165) is 11.1 Å². The third-order valence-corrected chi connectivity index (χ3v) is 7.59. The molecule has 0 spiro atoms. The Morgan fingerprint density at radius 2 is 1.97 bits per heavy atom. The molecule has 2 heterocycles. The highest BCUT2D eigenvalue weighted by molar-refractivity contribution is 7.93. The Bertz CT molecular complexity index is 1460. The number of halogens is 1. The summed E-state index contributed by atoms with van der Waals surface area (Å²) in [7, 11) is -3.27. The van der Waals surface area contributed by atoms with Crippen LogP contribution in [-0.2, 0) is 16.4 Å². The van der Waals surface area contributed by atoms with Crippen LogP contribution in [0.5, 0.6) is 11.6 Å². The lowest BCUT2D eigenvalue weighted by molar-refractivity contribution is 0.428. The van der Waals surface area contributed by atoms with Gasteiger partial charge in [0.2, 0.25) is 15.9 Å². The van der Waals surface area contributed by atoms with Crippen LogP contribution in [0.25, 0.3) is 10.9 Å². The summed E-state index contributed by atoms with van der Waals surface area (Å²) in [5.41, 5.74) is 3.63. The first-order valence-corrected chi connectivity index (χ1v) is 12.2. The number of aromatic nitrogens is 2. The molecule has 2 aromatic carbocycles. The number of benzene rings is 2. The summed E-state index contributed by atoms with van der Waals surface area (Å²) in [6.45, 7) is 10.00. The average molecular weight is 478 g/mol. The molecule has 2 aliphatic rings. The lowest BCUT2D eigenvalue weighted by atomic mass is 10.1. The van der Waals surface area contributed by atoms with E-state index in [4.69, 9.17) is 11.3 Å². The minimum Gasteiger partial charge on any atom is -0.446 e. The maximum Gasteiger partial charge on any atom is 0.288 e. The van der Waals surface area contributed by atoms with Crippen molar-refractivity contribution in [3.05, 3.63) is 76.7 Å². The molecule has 1 aliphatic heterocycles. The molecule has 0 unspecified atom stereocenters. The normalized spacial score (nSPS) is 16.0. The van der Waals surface area contributed by atoms with Gasteiger partial charge >= 0.3 is 0 Å². The first-order chi connectivity index (χ1) is 16.4. The molecular formula is C24H20FN5O3S. The lowest BCUT2D eigenvalue weighted by Gasteiger charge is -2.17. The minimum absolute atomic E-state index is 0.000295. The van der Waals surface area contributed by atoms with Gasteiger partial charge in [-0.25, -0.2) is 27.6 Å². The number of hydrogen-bond acceptors (Lipinski definition) is 6. The van der Waals surface area contributed by atoms with Gasteiger partial charge in [0.15, 0.2) is 11.6 Å². The summed E-state index contributed by atoms with van der Waals surface area (Å²) in [5.74, 6) is -0.240. The van der Waals surface area contributed by atoms with Crippen molar-refractivity contribution in [1.29, 1.82) is 0 Å². The minimum atomic E-state index is -3.27. The summed E-state index contributed by atoms with van der Waals surface area (Å²) in [6.07, 6.45) is 4.31. The van der Waals surface area contributed by atoms with Gasteiger partial charge in [-0.2, -0.15) is 0 Å². The van der Waals surface area contributed by atoms with Gasteiger partial charge in [0.05, 0.1) is 18.0 Å². The SMILES string of the molecule is [C-]#[N+]c1c(Nc2ccc(N3CCCS3(=O)=O)cc2)ncnc1Oc1ccc2c(c1F)C=C(C)C2. The molecule has 1 aromatic heterocycles. The van der Waals surface area contributed by atoms with Crippen molar-refractivity contribution in [2.75, 3.05) is 21.9 Å². The summed E-state index contributed by atoms with van der Waals surface area (Å²) < 4.78 is 46.3. The Balaban J connectivity index is 1.40. The Hall–Kier alpha value is -3.97. The Labute approximate surface area is 196 Å². The second kappa shape index (κ2) is 8.43. The third kappa shape index (κ3) is 3.95. The van der Waals surface area contributed by atoms with Crippen molar-refractivity contribution < 1.29 is 17.5 Å². The van der Waals surface area contributed by atoms with E-state index in [1.165, 1.54) is 16.7 Å². The molecule has 172 valence electrons. The predicted molar refractivity (Wildman–Crippen MR) is 128 cm³/mol. The highest BCUT2D eigenvalue weighted by Gasteiger charge is 2.28. The number of anilines is 3. The van der Waals surface area contributed by atoms with Crippen molar-refractivity contribution in [3.63, 3.8) is 0 Å². The van der Waals surface area contributed by atoms with Crippen LogP contribution in [0.3, 0.4) is 0 Å². The molecule has 34 heavy (non-hydrogen) atoms. The monoisotopic (exact) mass is 477 g/mol. The van der Waals surface area contributed by atoms with E-state index in [9.17, 15) is 12.8 Å². The van der Waals surface area contributed by atoms with Gasteiger partial charge in [0.25, 0.3) is 5.69 Å². The molecule has 0 atom stereocenters. The number of sulfonamides is 1. The van der Waals surface area contributed by atoms with Gasteiger partial charge in [-0.15, -0.1) is 0 Å². The highest BCUT2D eigenvalue weighted by atomic mass is 32.2. The smallest absolute Gasteiger partial charge is 0.288 e. The predicted octanol–water partition coefficient (Wildman–Crippen LogP) is 5.20. The average Bonchev–Trinajstić information content (AvgIpc) is 3.38. The summed E-state index contributed by atoms with van der Waals surface area (Å²) in [6, 6.07) is 10.1. The van der Waals surface area contributed by atoms with Gasteiger partial charge in [0, 0.05) is 17.8 Å². The number of nitrogens with one attached hydrogen (secondary N) is 1. The second-order valence-electron chi connectivity index (χ2n) is 8.12. The van der Waals surface area contributed by atoms with E-state index in [1.54, 1.807) is 36.4 Å². The first kappa shape index (κ1) is 21.9. The van der Waals surface area contributed by atoms with E-state index in [0.29, 0.717) is 36.3 Å². The molecule has 0 amide bonds. The third-order valence-electron chi connectivity index (χ3n) is 5.72. The molecule has 1 aliphatic carbocycles. The zero-order valence-electron chi connectivity index (χ0n) is 18.2. The molecule has 10 heteroatoms. The van der Waals surface area contributed by atoms with Crippen LogP contribution in [0.1, 0.15) is 24.5 Å². The Morgan fingerprint density at radius 1 is 1.18 bits per heavy atom. The number of hydrogen-bond donors (Lipinski definition) is 1. The van der Waals surface area contributed by atoms with Crippen molar-refractivity contribution >= 4 is 39.0 Å². The van der Waals surface area contributed by atoms with Crippen LogP contribution in [0.2, 0.25) is 0 Å². The fourth-order valence-corrected chi connectivity index (χ4v) is 5.68. The maximum atomic E-state index is 15.0. The fourth-order valence-electron chi connectivity index (χ4n) is 4.11. The Morgan fingerprint density at radius 3 is 2.68 bits per heavy atom. The molecule has 8 nitrogen and oxygen atoms in total. The second-order valence-corrected chi connectivity index (χ2v) is 10.1. The van der Waals surface area contributed by atoms with Gasteiger partial charge < -0.3 is 10.1 Å². The number of allylic oxidation sites excluding steroid dienone is 1. The summed E-state index contributed by atoms with van der Waals surface area (Å²) in [4.78, 5) is 11.7. The number of rotatable bonds is 5. The number of nitrogens with zero attached hydrogens (tertiary/aromatic N) is 4. The van der Waals surface area contributed by atoms with Crippen molar-refractivity contribution in [3.8, 4) is 11.6 Å². The van der Waals surface area contributed by atoms with E-state index in [-0.39, 0.29) is 28.9 Å². The maximum absolute atomic E-state index is 15.0. The van der Waals surface area contributed by atoms with E-state index < -0.39 is 15.8 Å². The van der Waals surface area contributed by atoms with Crippen molar-refractivity contribution in [1.82, 2.24) is 9.97 Å². The molecule has 1 N–H and O–H groups in total. The summed E-state index contributed by atoms with van der Waals surface area (Å²) >= 11 is 0. The van der Waals surface area contributed by atoms with Crippen molar-refractivity contribution in [2.45, 2.75) is 19.8 Å². The van der Waals surface area contributed by atoms with Crippen LogP contribution >= 0.6 is 0 Å². The molecule has 0 bridgehead atoms. The van der Waals surface area contributed by atoms with Crippen LogP contribution < -0.4 is 14.4 Å². The largest absolute Gasteiger partial charge is 0.446 e. The molecule has 0 saturated carbocycles. The number of ether oxygens (including phenoxy) is 1. The van der Waals surface area contributed by atoms with Gasteiger partial charge in [-0.3, -0.25) is 4.31 Å². The highest BCUT2D eigenvalue weighted by Crippen LogP contribution is 2.39. The topological polar surface area (TPSA) is 88.8 Å². The molecule has 3 aromatic rings. The van der Waals surface area contributed by atoms with Crippen LogP contribution in [0.15, 0.2) is 48.3 Å². The van der Waals surface area contributed by atoms with Crippen LogP contribution in [-0.4, -0.2) is 30.7 Å². The molecule has 0 radical (unpaired) electrons. The van der Waals surface area contributed by atoms with Crippen LogP contribution in [0.4, 0.5) is 27.3 Å². The van der Waals surface area contributed by atoms with Gasteiger partial charge in [0.1, 0.15) is 12.1 Å². The molecule has 1 fully saturated rings.